The molecule has 0 amide bonds. The summed E-state index contributed by atoms with van der Waals surface area (Å²) in [5.74, 6) is 0.662. The fraction of sp³-hybridized carbons (Fsp3) is 0.636. The molecule has 3 fully saturated rings. The third-order valence-corrected chi connectivity index (χ3v) is 6.80. The molecule has 28 heavy (non-hydrogen) atoms. The molecule has 2 atom stereocenters. The minimum absolute atomic E-state index is 0.0829. The van der Waals surface area contributed by atoms with Crippen LogP contribution in [0.5, 0.6) is 0 Å². The molecule has 6 nitrogen and oxygen atoms in total. The molecule has 1 aliphatic heterocycles. The number of aromatic nitrogens is 2. The Morgan fingerprint density at radius 1 is 1.04 bits per heavy atom. The number of benzene rings is 1. The van der Waals surface area contributed by atoms with Crippen LogP contribution in [0.4, 0.5) is 5.69 Å². The van der Waals surface area contributed by atoms with Crippen molar-refractivity contribution in [2.24, 2.45) is 5.92 Å². The Morgan fingerprint density at radius 2 is 1.82 bits per heavy atom. The predicted molar refractivity (Wildman–Crippen MR) is 111 cm³/mol. The van der Waals surface area contributed by atoms with Crippen LogP contribution in [-0.4, -0.2) is 57.9 Å². The van der Waals surface area contributed by atoms with E-state index >= 15 is 0 Å². The van der Waals surface area contributed by atoms with Gasteiger partial charge >= 0.3 is 0 Å². The molecule has 5 rings (SSSR count). The topological polar surface area (TPSA) is 61.6 Å². The number of anilines is 1. The first-order chi connectivity index (χ1) is 13.7. The lowest BCUT2D eigenvalue weighted by atomic mass is 9.91. The largest absolute Gasteiger partial charge is 0.391 e. The number of nitrogens with zero attached hydrogens (tertiary/aromatic N) is 4. The fourth-order valence-electron chi connectivity index (χ4n) is 4.88. The lowest BCUT2D eigenvalue weighted by Crippen LogP contribution is -2.54. The first-order valence-electron chi connectivity index (χ1n) is 10.9. The number of hydrogen-bond donors (Lipinski definition) is 1. The molecular weight excluding hydrogens is 352 g/mol. The highest BCUT2D eigenvalue weighted by Gasteiger charge is 2.31. The smallest absolute Gasteiger partial charge is 0.261 e. The van der Waals surface area contributed by atoms with Crippen molar-refractivity contribution < 1.29 is 5.11 Å². The Kier molecular flexibility index (Phi) is 4.85. The summed E-state index contributed by atoms with van der Waals surface area (Å²) in [6.07, 6.45) is 8.47. The number of aliphatic hydroxyl groups excluding tert-OH is 1. The second-order valence-corrected chi connectivity index (χ2v) is 8.79. The van der Waals surface area contributed by atoms with E-state index in [1.54, 1.807) is 10.9 Å². The molecule has 2 aromatic rings. The van der Waals surface area contributed by atoms with Gasteiger partial charge in [-0.1, -0.05) is 12.8 Å². The van der Waals surface area contributed by atoms with E-state index in [1.807, 2.05) is 6.07 Å². The molecule has 1 saturated heterocycles. The molecule has 0 bridgehead atoms. The third kappa shape index (κ3) is 3.55. The van der Waals surface area contributed by atoms with Crippen LogP contribution in [0.2, 0.25) is 0 Å². The van der Waals surface area contributed by atoms with E-state index in [1.165, 1.54) is 19.3 Å². The third-order valence-electron chi connectivity index (χ3n) is 6.80. The summed E-state index contributed by atoms with van der Waals surface area (Å²) in [4.78, 5) is 22.1. The lowest BCUT2D eigenvalue weighted by Gasteiger charge is -2.43. The Balaban J connectivity index is 1.29. The van der Waals surface area contributed by atoms with Crippen molar-refractivity contribution in [1.82, 2.24) is 14.5 Å². The molecule has 150 valence electrons. The molecule has 2 aliphatic carbocycles. The maximum absolute atomic E-state index is 12.7. The highest BCUT2D eigenvalue weighted by Crippen LogP contribution is 2.30. The molecule has 0 radical (unpaired) electrons. The van der Waals surface area contributed by atoms with Gasteiger partial charge in [-0.15, -0.1) is 0 Å². The van der Waals surface area contributed by atoms with Crippen molar-refractivity contribution in [2.75, 3.05) is 31.1 Å². The Hall–Kier alpha value is -1.92. The van der Waals surface area contributed by atoms with E-state index in [9.17, 15) is 9.90 Å². The zero-order valence-electron chi connectivity index (χ0n) is 16.5. The van der Waals surface area contributed by atoms with Crippen LogP contribution >= 0.6 is 0 Å². The number of aliphatic hydroxyl groups is 1. The van der Waals surface area contributed by atoms with Crippen molar-refractivity contribution in [2.45, 2.75) is 57.2 Å². The summed E-state index contributed by atoms with van der Waals surface area (Å²) in [5.41, 5.74) is 2.02. The van der Waals surface area contributed by atoms with Gasteiger partial charge in [0.25, 0.3) is 5.56 Å². The van der Waals surface area contributed by atoms with Gasteiger partial charge < -0.3 is 10.0 Å². The summed E-state index contributed by atoms with van der Waals surface area (Å²) in [6, 6.07) is 6.40. The zero-order valence-corrected chi connectivity index (χ0v) is 16.5. The van der Waals surface area contributed by atoms with Gasteiger partial charge in [0, 0.05) is 44.5 Å². The first-order valence-corrected chi connectivity index (χ1v) is 10.9. The van der Waals surface area contributed by atoms with E-state index in [-0.39, 0.29) is 11.7 Å². The molecule has 2 heterocycles. The quantitative estimate of drug-likeness (QED) is 0.879. The van der Waals surface area contributed by atoms with Crippen molar-refractivity contribution >= 4 is 16.6 Å². The summed E-state index contributed by atoms with van der Waals surface area (Å²) >= 11 is 0. The number of fused-ring (bicyclic) bond motifs is 1. The van der Waals surface area contributed by atoms with Crippen molar-refractivity contribution in [3.63, 3.8) is 0 Å². The molecule has 1 aromatic carbocycles. The summed E-state index contributed by atoms with van der Waals surface area (Å²) < 4.78 is 1.77. The Labute approximate surface area is 165 Å². The van der Waals surface area contributed by atoms with E-state index < -0.39 is 0 Å². The van der Waals surface area contributed by atoms with Gasteiger partial charge in [0.05, 0.1) is 23.3 Å². The molecule has 2 saturated carbocycles. The maximum atomic E-state index is 12.7. The minimum Gasteiger partial charge on any atom is -0.391 e. The highest BCUT2D eigenvalue weighted by atomic mass is 16.3. The zero-order chi connectivity index (χ0) is 19.1. The molecule has 0 spiro atoms. The Morgan fingerprint density at radius 3 is 2.57 bits per heavy atom. The van der Waals surface area contributed by atoms with Crippen molar-refractivity contribution in [1.29, 1.82) is 0 Å². The Bertz CT molecular complexity index is 899. The van der Waals surface area contributed by atoms with Crippen molar-refractivity contribution in [3.8, 4) is 0 Å². The molecule has 3 aliphatic rings. The predicted octanol–water partition coefficient (Wildman–Crippen LogP) is 2.23. The summed E-state index contributed by atoms with van der Waals surface area (Å²) in [7, 11) is 0. The minimum atomic E-state index is -0.164. The molecule has 2 unspecified atom stereocenters. The van der Waals surface area contributed by atoms with Gasteiger partial charge in [-0.25, -0.2) is 4.98 Å². The SMILES string of the molecule is O=c1c2ccc(N3CCN(C4CCCCC4O)CC3)cc2ncn1CC1CC1. The van der Waals surface area contributed by atoms with Crippen LogP contribution in [0.25, 0.3) is 10.9 Å². The van der Waals surface area contributed by atoms with Crippen LogP contribution in [0.3, 0.4) is 0 Å². The van der Waals surface area contributed by atoms with E-state index in [2.05, 4.69) is 26.9 Å². The van der Waals surface area contributed by atoms with Crippen molar-refractivity contribution in [3.05, 3.63) is 34.9 Å². The van der Waals surface area contributed by atoms with Crippen LogP contribution in [0.15, 0.2) is 29.3 Å². The molecule has 6 heteroatoms. The normalized spacial score (nSPS) is 26.7. The second-order valence-electron chi connectivity index (χ2n) is 8.79. The van der Waals surface area contributed by atoms with Crippen LogP contribution in [0.1, 0.15) is 38.5 Å². The number of hydrogen-bond acceptors (Lipinski definition) is 5. The van der Waals surface area contributed by atoms with Gasteiger partial charge in [-0.05, 0) is 49.8 Å². The lowest BCUT2D eigenvalue weighted by molar-refractivity contribution is 0.0173. The average Bonchev–Trinajstić information content (AvgIpc) is 3.55. The highest BCUT2D eigenvalue weighted by molar-refractivity contribution is 5.81. The summed E-state index contributed by atoms with van der Waals surface area (Å²) in [6.45, 7) is 4.67. The van der Waals surface area contributed by atoms with Gasteiger partial charge in [0.1, 0.15) is 0 Å². The van der Waals surface area contributed by atoms with Crippen LogP contribution in [-0.2, 0) is 6.54 Å². The van der Waals surface area contributed by atoms with Gasteiger partial charge in [-0.2, -0.15) is 0 Å². The number of rotatable bonds is 4. The molecular formula is C22H30N4O2. The van der Waals surface area contributed by atoms with Gasteiger partial charge in [0.2, 0.25) is 0 Å². The van der Waals surface area contributed by atoms with Crippen LogP contribution in [0, 0.1) is 5.92 Å². The number of piperazine rings is 1. The fourth-order valence-corrected chi connectivity index (χ4v) is 4.88. The van der Waals surface area contributed by atoms with E-state index in [0.717, 1.165) is 68.6 Å². The average molecular weight is 383 g/mol. The van der Waals surface area contributed by atoms with Gasteiger partial charge in [0.15, 0.2) is 0 Å². The van der Waals surface area contributed by atoms with Crippen LogP contribution < -0.4 is 10.5 Å². The van der Waals surface area contributed by atoms with Gasteiger partial charge in [-0.3, -0.25) is 14.3 Å². The second kappa shape index (κ2) is 7.48. The monoisotopic (exact) mass is 382 g/mol. The summed E-state index contributed by atoms with van der Waals surface area (Å²) in [5, 5.41) is 11.1. The molecule has 1 N–H and O–H groups in total. The standard InChI is InChI=1S/C22H30N4O2/c27-21-4-2-1-3-20(21)25-11-9-24(10-12-25)17-7-8-18-19(13-17)23-15-26(22(18)28)14-16-5-6-16/h7-8,13,15-16,20-21,27H,1-6,9-12,14H2. The molecule has 1 aromatic heterocycles. The first kappa shape index (κ1) is 18.1. The van der Waals surface area contributed by atoms with E-state index in [4.69, 9.17) is 0 Å². The van der Waals surface area contributed by atoms with E-state index in [0.29, 0.717) is 12.0 Å². The maximum Gasteiger partial charge on any atom is 0.261 e.